The molecule has 4 N–H and O–H groups in total. The van der Waals surface area contributed by atoms with Crippen molar-refractivity contribution in [3.05, 3.63) is 18.2 Å². The number of anilines is 1. The number of hydrogen-bond donors (Lipinski definition) is 3. The number of rotatable bonds is 4. The minimum atomic E-state index is -1.03. The molecule has 6 heteroatoms. The predicted molar refractivity (Wildman–Crippen MR) is 66.1 cm³/mol. The molecule has 1 atom stereocenters. The van der Waals surface area contributed by atoms with Gasteiger partial charge in [0.25, 0.3) is 0 Å². The van der Waals surface area contributed by atoms with E-state index < -0.39 is 12.0 Å². The number of carboxylic acids is 1. The molecular weight excluding hydrogens is 236 g/mol. The summed E-state index contributed by atoms with van der Waals surface area (Å²) in [6.07, 6.45) is 0.849. The van der Waals surface area contributed by atoms with Gasteiger partial charge in [0, 0.05) is 24.7 Å². The highest BCUT2D eigenvalue weighted by atomic mass is 16.5. The van der Waals surface area contributed by atoms with E-state index in [9.17, 15) is 4.79 Å². The molecule has 0 aromatic heterocycles. The molecule has 0 fully saturated rings. The lowest BCUT2D eigenvalue weighted by atomic mass is 10.2. The maximum absolute atomic E-state index is 10.6. The number of carboxylic acid groups (broad SMARTS) is 1. The Morgan fingerprint density at radius 1 is 1.39 bits per heavy atom. The quantitative estimate of drug-likeness (QED) is 0.729. The zero-order chi connectivity index (χ0) is 13.0. The van der Waals surface area contributed by atoms with Gasteiger partial charge in [0.15, 0.2) is 11.5 Å². The van der Waals surface area contributed by atoms with Crippen LogP contribution in [0.2, 0.25) is 0 Å². The third-order valence-electron chi connectivity index (χ3n) is 2.59. The second-order valence-corrected chi connectivity index (χ2v) is 4.04. The van der Waals surface area contributed by atoms with Crippen LogP contribution in [-0.4, -0.2) is 36.9 Å². The molecule has 0 saturated carbocycles. The number of nitrogens with two attached hydrogens (primary N) is 1. The number of nitrogens with one attached hydrogen (secondary N) is 1. The van der Waals surface area contributed by atoms with Gasteiger partial charge in [-0.15, -0.1) is 0 Å². The lowest BCUT2D eigenvalue weighted by Gasteiger charge is -2.12. The molecular formula is C12H16N2O4. The molecule has 6 nitrogen and oxygen atoms in total. The molecule has 0 radical (unpaired) electrons. The summed E-state index contributed by atoms with van der Waals surface area (Å²) in [6.45, 7) is 1.42. The number of hydrogen-bond acceptors (Lipinski definition) is 5. The minimum absolute atomic E-state index is 0.162. The van der Waals surface area contributed by atoms with Crippen molar-refractivity contribution in [1.82, 2.24) is 0 Å². The van der Waals surface area contributed by atoms with Crippen molar-refractivity contribution < 1.29 is 19.4 Å². The molecule has 1 aromatic rings. The highest BCUT2D eigenvalue weighted by Gasteiger charge is 2.13. The number of carbonyl (C=O) groups is 1. The van der Waals surface area contributed by atoms with Gasteiger partial charge in [-0.05, 0) is 12.1 Å². The Balaban J connectivity index is 2.02. The molecule has 1 aromatic carbocycles. The van der Waals surface area contributed by atoms with E-state index in [0.717, 1.165) is 12.1 Å². The van der Waals surface area contributed by atoms with Crippen molar-refractivity contribution in [2.24, 2.45) is 5.73 Å². The highest BCUT2D eigenvalue weighted by molar-refractivity contribution is 5.74. The third-order valence-corrected chi connectivity index (χ3v) is 2.59. The summed E-state index contributed by atoms with van der Waals surface area (Å²) >= 11 is 0. The van der Waals surface area contributed by atoms with Crippen LogP contribution in [0.3, 0.4) is 0 Å². The first-order valence-corrected chi connectivity index (χ1v) is 5.79. The zero-order valence-electron chi connectivity index (χ0n) is 9.89. The molecule has 0 amide bonds. The summed E-state index contributed by atoms with van der Waals surface area (Å²) in [6, 6.07) is 4.47. The van der Waals surface area contributed by atoms with Crippen molar-refractivity contribution in [3.63, 3.8) is 0 Å². The second kappa shape index (κ2) is 5.59. The standard InChI is InChI=1S/C12H16N2O4/c13-9(12(15)16)7-14-8-2-3-10-11(6-8)18-5-1-4-17-10/h2-3,6,9,14H,1,4-5,7,13H2,(H,15,16). The molecule has 0 saturated heterocycles. The molecule has 1 aliphatic rings. The van der Waals surface area contributed by atoms with Crippen molar-refractivity contribution in [1.29, 1.82) is 0 Å². The molecule has 1 heterocycles. The van der Waals surface area contributed by atoms with Gasteiger partial charge in [0.1, 0.15) is 6.04 Å². The summed E-state index contributed by atoms with van der Waals surface area (Å²) in [5, 5.41) is 11.6. The maximum Gasteiger partial charge on any atom is 0.322 e. The van der Waals surface area contributed by atoms with Gasteiger partial charge in [-0.2, -0.15) is 0 Å². The summed E-state index contributed by atoms with van der Waals surface area (Å²) in [7, 11) is 0. The predicted octanol–water partition coefficient (Wildman–Crippen LogP) is 0.672. The normalized spacial score (nSPS) is 15.6. The monoisotopic (exact) mass is 252 g/mol. The fourth-order valence-corrected chi connectivity index (χ4v) is 1.59. The molecule has 1 unspecified atom stereocenters. The van der Waals surface area contributed by atoms with E-state index in [-0.39, 0.29) is 6.54 Å². The van der Waals surface area contributed by atoms with Crippen LogP contribution in [0.25, 0.3) is 0 Å². The lowest BCUT2D eigenvalue weighted by Crippen LogP contribution is -2.36. The van der Waals surface area contributed by atoms with E-state index in [1.54, 1.807) is 12.1 Å². The van der Waals surface area contributed by atoms with Gasteiger partial charge < -0.3 is 25.6 Å². The summed E-state index contributed by atoms with van der Waals surface area (Å²) in [5.74, 6) is 0.346. The average Bonchev–Trinajstić information content (AvgIpc) is 2.60. The van der Waals surface area contributed by atoms with E-state index in [0.29, 0.717) is 24.7 Å². The number of ether oxygens (including phenoxy) is 2. The Hall–Kier alpha value is -1.95. The van der Waals surface area contributed by atoms with E-state index in [1.807, 2.05) is 6.07 Å². The van der Waals surface area contributed by atoms with Gasteiger partial charge in [0.05, 0.1) is 13.2 Å². The summed E-state index contributed by atoms with van der Waals surface area (Å²) in [5.41, 5.74) is 6.17. The highest BCUT2D eigenvalue weighted by Crippen LogP contribution is 2.32. The van der Waals surface area contributed by atoms with E-state index in [1.165, 1.54) is 0 Å². The van der Waals surface area contributed by atoms with E-state index in [2.05, 4.69) is 5.32 Å². The van der Waals surface area contributed by atoms with Crippen LogP contribution in [-0.2, 0) is 4.79 Å². The molecule has 18 heavy (non-hydrogen) atoms. The SMILES string of the molecule is NC(CNc1ccc2c(c1)OCCCO2)C(=O)O. The summed E-state index contributed by atoms with van der Waals surface area (Å²) in [4.78, 5) is 10.6. The van der Waals surface area contributed by atoms with Crippen molar-refractivity contribution >= 4 is 11.7 Å². The Morgan fingerprint density at radius 2 is 2.11 bits per heavy atom. The van der Waals surface area contributed by atoms with Crippen LogP contribution >= 0.6 is 0 Å². The zero-order valence-corrected chi connectivity index (χ0v) is 9.89. The van der Waals surface area contributed by atoms with Gasteiger partial charge in [-0.25, -0.2) is 0 Å². The number of aliphatic carboxylic acids is 1. The number of fused-ring (bicyclic) bond motifs is 1. The Morgan fingerprint density at radius 3 is 2.83 bits per heavy atom. The first kappa shape index (κ1) is 12.5. The van der Waals surface area contributed by atoms with Gasteiger partial charge in [-0.3, -0.25) is 4.79 Å². The van der Waals surface area contributed by atoms with Crippen LogP contribution in [0.4, 0.5) is 5.69 Å². The van der Waals surface area contributed by atoms with Crippen molar-refractivity contribution in [2.45, 2.75) is 12.5 Å². The topological polar surface area (TPSA) is 93.8 Å². The van der Waals surface area contributed by atoms with Crippen LogP contribution in [0.15, 0.2) is 18.2 Å². The largest absolute Gasteiger partial charge is 0.490 e. The lowest BCUT2D eigenvalue weighted by molar-refractivity contribution is -0.138. The third kappa shape index (κ3) is 3.04. The first-order chi connectivity index (χ1) is 8.66. The molecule has 0 bridgehead atoms. The molecule has 1 aliphatic heterocycles. The Kier molecular flexibility index (Phi) is 3.88. The number of benzene rings is 1. The minimum Gasteiger partial charge on any atom is -0.490 e. The first-order valence-electron chi connectivity index (χ1n) is 5.79. The van der Waals surface area contributed by atoms with Crippen LogP contribution in [0.1, 0.15) is 6.42 Å². The van der Waals surface area contributed by atoms with E-state index >= 15 is 0 Å². The molecule has 2 rings (SSSR count). The smallest absolute Gasteiger partial charge is 0.322 e. The van der Waals surface area contributed by atoms with Gasteiger partial charge >= 0.3 is 5.97 Å². The summed E-state index contributed by atoms with van der Waals surface area (Å²) < 4.78 is 11.0. The maximum atomic E-state index is 10.6. The van der Waals surface area contributed by atoms with Gasteiger partial charge in [-0.1, -0.05) is 0 Å². The van der Waals surface area contributed by atoms with Gasteiger partial charge in [0.2, 0.25) is 0 Å². The molecule has 0 spiro atoms. The average molecular weight is 252 g/mol. The fourth-order valence-electron chi connectivity index (χ4n) is 1.59. The van der Waals surface area contributed by atoms with E-state index in [4.69, 9.17) is 20.3 Å². The Labute approximate surface area is 105 Å². The Bertz CT molecular complexity index is 436. The van der Waals surface area contributed by atoms with Crippen LogP contribution < -0.4 is 20.5 Å². The van der Waals surface area contributed by atoms with Crippen molar-refractivity contribution in [2.75, 3.05) is 25.1 Å². The second-order valence-electron chi connectivity index (χ2n) is 4.04. The fraction of sp³-hybridized carbons (Fsp3) is 0.417. The van der Waals surface area contributed by atoms with Crippen LogP contribution in [0, 0.1) is 0 Å². The molecule has 0 aliphatic carbocycles. The van der Waals surface area contributed by atoms with Crippen molar-refractivity contribution in [3.8, 4) is 11.5 Å². The molecule has 98 valence electrons. The van der Waals surface area contributed by atoms with Crippen LogP contribution in [0.5, 0.6) is 11.5 Å².